The molecule has 9 heteroatoms. The molecule has 0 spiro atoms. The smallest absolute Gasteiger partial charge is 0.264 e. The number of benzene rings is 3. The average molecular weight is 552 g/mol. The molecule has 0 saturated carbocycles. The minimum absolute atomic E-state index is 0.0820. The Morgan fingerprint density at radius 1 is 0.949 bits per heavy atom. The fraction of sp³-hybridized carbons (Fsp3) is 0.333. The van der Waals surface area contributed by atoms with E-state index in [4.69, 9.17) is 4.74 Å². The van der Waals surface area contributed by atoms with Crippen LogP contribution in [0.2, 0.25) is 0 Å². The number of anilines is 1. The Kier molecular flexibility index (Phi) is 9.75. The van der Waals surface area contributed by atoms with Gasteiger partial charge in [0.15, 0.2) is 0 Å². The van der Waals surface area contributed by atoms with Crippen molar-refractivity contribution in [2.45, 2.75) is 51.6 Å². The Labute approximate surface area is 231 Å². The van der Waals surface area contributed by atoms with E-state index in [-0.39, 0.29) is 17.3 Å². The summed E-state index contributed by atoms with van der Waals surface area (Å²) in [6.07, 6.45) is 0.351. The second-order valence-corrected chi connectivity index (χ2v) is 11.4. The molecule has 8 nitrogen and oxygen atoms in total. The number of hydrogen-bond donors (Lipinski definition) is 1. The van der Waals surface area contributed by atoms with Crippen LogP contribution in [0.15, 0.2) is 71.6 Å². The Balaban J connectivity index is 2.10. The molecule has 1 N–H and O–H groups in total. The molecule has 0 aliphatic heterocycles. The fourth-order valence-corrected chi connectivity index (χ4v) is 5.97. The number of nitrogens with one attached hydrogen (secondary N) is 1. The van der Waals surface area contributed by atoms with Crippen molar-refractivity contribution in [2.24, 2.45) is 0 Å². The first-order chi connectivity index (χ1) is 18.5. The van der Waals surface area contributed by atoms with Gasteiger partial charge in [0.25, 0.3) is 10.0 Å². The SMILES string of the molecule is CC[C@@H](C(=O)NC)N(Cc1cccc(OC)c1)C(=O)CN(c1ccc(C)cc1C)S(=O)(=O)c1ccc(C)cc1. The summed E-state index contributed by atoms with van der Waals surface area (Å²) < 4.78 is 34.4. The van der Waals surface area contributed by atoms with Gasteiger partial charge in [0, 0.05) is 13.6 Å². The number of aryl methyl sites for hydroxylation is 3. The number of likely N-dealkylation sites (N-methyl/N-ethyl adjacent to an activating group) is 1. The van der Waals surface area contributed by atoms with Crippen molar-refractivity contribution >= 4 is 27.5 Å². The first-order valence-corrected chi connectivity index (χ1v) is 14.3. The number of rotatable bonds is 11. The van der Waals surface area contributed by atoms with Crippen LogP contribution in [-0.2, 0) is 26.2 Å². The van der Waals surface area contributed by atoms with E-state index in [1.165, 1.54) is 11.9 Å². The standard InChI is InChI=1S/C30H37N3O5S/c1-7-27(30(35)31-5)32(19-24-9-8-10-25(18-24)38-6)29(34)20-33(28-16-13-22(3)17-23(28)4)39(36,37)26-14-11-21(2)12-15-26/h8-18,27H,7,19-20H2,1-6H3,(H,31,35)/t27-/m0/s1. The summed E-state index contributed by atoms with van der Waals surface area (Å²) in [6.45, 7) is 7.06. The van der Waals surface area contributed by atoms with Crippen molar-refractivity contribution in [3.05, 3.63) is 89.0 Å². The minimum atomic E-state index is -4.11. The van der Waals surface area contributed by atoms with Crippen LogP contribution in [0.25, 0.3) is 0 Å². The molecule has 0 saturated heterocycles. The quantitative estimate of drug-likeness (QED) is 0.382. The van der Waals surface area contributed by atoms with Gasteiger partial charge in [-0.2, -0.15) is 0 Å². The van der Waals surface area contributed by atoms with Crippen LogP contribution in [0.3, 0.4) is 0 Å². The number of methoxy groups -OCH3 is 1. The third-order valence-electron chi connectivity index (χ3n) is 6.63. The third-order valence-corrected chi connectivity index (χ3v) is 8.40. The van der Waals surface area contributed by atoms with Crippen molar-refractivity contribution in [2.75, 3.05) is 25.0 Å². The summed E-state index contributed by atoms with van der Waals surface area (Å²) in [4.78, 5) is 28.4. The number of ether oxygens (including phenoxy) is 1. The Morgan fingerprint density at radius 3 is 2.21 bits per heavy atom. The second-order valence-electron chi connectivity index (χ2n) is 9.53. The van der Waals surface area contributed by atoms with Crippen molar-refractivity contribution in [3.8, 4) is 5.75 Å². The molecule has 0 aromatic heterocycles. The first-order valence-electron chi connectivity index (χ1n) is 12.8. The van der Waals surface area contributed by atoms with Gasteiger partial charge in [-0.3, -0.25) is 13.9 Å². The van der Waals surface area contributed by atoms with Crippen LogP contribution in [0, 0.1) is 20.8 Å². The van der Waals surface area contributed by atoms with E-state index in [0.717, 1.165) is 26.6 Å². The monoisotopic (exact) mass is 551 g/mol. The molecule has 1 atom stereocenters. The Bertz CT molecular complexity index is 1420. The highest BCUT2D eigenvalue weighted by Crippen LogP contribution is 2.28. The molecule has 3 aromatic rings. The number of hydrogen-bond acceptors (Lipinski definition) is 5. The van der Waals surface area contributed by atoms with Crippen LogP contribution in [0.5, 0.6) is 5.75 Å². The van der Waals surface area contributed by atoms with E-state index in [2.05, 4.69) is 5.32 Å². The summed E-state index contributed by atoms with van der Waals surface area (Å²) in [5, 5.41) is 2.63. The molecular formula is C30H37N3O5S. The lowest BCUT2D eigenvalue weighted by Crippen LogP contribution is -2.51. The van der Waals surface area contributed by atoms with E-state index < -0.39 is 28.5 Å². The van der Waals surface area contributed by atoms with Crippen LogP contribution >= 0.6 is 0 Å². The Hall–Kier alpha value is -3.85. The summed E-state index contributed by atoms with van der Waals surface area (Å²) >= 11 is 0. The zero-order chi connectivity index (χ0) is 28.7. The van der Waals surface area contributed by atoms with E-state index in [0.29, 0.717) is 17.9 Å². The van der Waals surface area contributed by atoms with Gasteiger partial charge in [-0.1, -0.05) is 54.4 Å². The lowest BCUT2D eigenvalue weighted by atomic mass is 10.1. The number of carbonyl (C=O) groups is 2. The maximum absolute atomic E-state index is 14.0. The summed E-state index contributed by atoms with van der Waals surface area (Å²) in [5.41, 5.74) is 3.77. The molecule has 0 radical (unpaired) electrons. The van der Waals surface area contributed by atoms with Crippen LogP contribution < -0.4 is 14.4 Å². The molecule has 3 aromatic carbocycles. The second kappa shape index (κ2) is 12.8. The van der Waals surface area contributed by atoms with E-state index in [9.17, 15) is 18.0 Å². The van der Waals surface area contributed by atoms with Gasteiger partial charge >= 0.3 is 0 Å². The molecule has 0 aliphatic carbocycles. The molecule has 0 aliphatic rings. The maximum atomic E-state index is 14.0. The first kappa shape index (κ1) is 29.7. The van der Waals surface area contributed by atoms with Gasteiger partial charge in [0.2, 0.25) is 11.8 Å². The largest absolute Gasteiger partial charge is 0.497 e. The molecule has 39 heavy (non-hydrogen) atoms. The summed E-state index contributed by atoms with van der Waals surface area (Å²) in [5.74, 6) is -0.205. The fourth-order valence-electron chi connectivity index (χ4n) is 4.49. The number of amides is 2. The van der Waals surface area contributed by atoms with Crippen molar-refractivity contribution < 1.29 is 22.7 Å². The van der Waals surface area contributed by atoms with Crippen LogP contribution in [-0.4, -0.2) is 51.9 Å². The van der Waals surface area contributed by atoms with Gasteiger partial charge in [-0.05, 0) is 68.7 Å². The van der Waals surface area contributed by atoms with E-state index >= 15 is 0 Å². The number of carbonyl (C=O) groups excluding carboxylic acids is 2. The molecule has 2 amide bonds. The zero-order valence-corrected chi connectivity index (χ0v) is 24.2. The average Bonchev–Trinajstić information content (AvgIpc) is 2.92. The highest BCUT2D eigenvalue weighted by atomic mass is 32.2. The van der Waals surface area contributed by atoms with Crippen LogP contribution in [0.1, 0.15) is 35.6 Å². The normalized spacial score (nSPS) is 11.9. The number of nitrogens with zero attached hydrogens (tertiary/aromatic N) is 2. The molecule has 0 fully saturated rings. The van der Waals surface area contributed by atoms with E-state index in [1.807, 2.05) is 52.0 Å². The van der Waals surface area contributed by atoms with Gasteiger partial charge in [0.1, 0.15) is 18.3 Å². The molecule has 0 unspecified atom stereocenters. The predicted octanol–water partition coefficient (Wildman–Crippen LogP) is 4.37. The van der Waals surface area contributed by atoms with Gasteiger partial charge < -0.3 is 15.0 Å². The van der Waals surface area contributed by atoms with Gasteiger partial charge in [0.05, 0.1) is 17.7 Å². The zero-order valence-electron chi connectivity index (χ0n) is 23.4. The van der Waals surface area contributed by atoms with Gasteiger partial charge in [-0.25, -0.2) is 8.42 Å². The van der Waals surface area contributed by atoms with E-state index in [1.54, 1.807) is 49.6 Å². The Morgan fingerprint density at radius 2 is 1.62 bits per heavy atom. The van der Waals surface area contributed by atoms with Gasteiger partial charge in [-0.15, -0.1) is 0 Å². The maximum Gasteiger partial charge on any atom is 0.264 e. The molecule has 0 heterocycles. The highest BCUT2D eigenvalue weighted by Gasteiger charge is 2.34. The molecule has 3 rings (SSSR count). The lowest BCUT2D eigenvalue weighted by molar-refractivity contribution is -0.140. The molecule has 0 bridgehead atoms. The summed E-state index contributed by atoms with van der Waals surface area (Å²) in [6, 6.07) is 18.4. The number of sulfonamides is 1. The third kappa shape index (κ3) is 6.97. The minimum Gasteiger partial charge on any atom is -0.497 e. The lowest BCUT2D eigenvalue weighted by Gasteiger charge is -2.33. The van der Waals surface area contributed by atoms with Crippen molar-refractivity contribution in [3.63, 3.8) is 0 Å². The highest BCUT2D eigenvalue weighted by molar-refractivity contribution is 7.92. The summed E-state index contributed by atoms with van der Waals surface area (Å²) in [7, 11) is -1.04. The van der Waals surface area contributed by atoms with Crippen LogP contribution in [0.4, 0.5) is 5.69 Å². The molecular weight excluding hydrogens is 514 g/mol. The van der Waals surface area contributed by atoms with Crippen molar-refractivity contribution in [1.29, 1.82) is 0 Å². The molecule has 208 valence electrons. The topological polar surface area (TPSA) is 96.0 Å². The predicted molar refractivity (Wildman–Crippen MR) is 153 cm³/mol. The van der Waals surface area contributed by atoms with Crippen molar-refractivity contribution in [1.82, 2.24) is 10.2 Å².